The summed E-state index contributed by atoms with van der Waals surface area (Å²) in [5, 5.41) is 7.06. The Balaban J connectivity index is 1.67. The van der Waals surface area contributed by atoms with Crippen LogP contribution in [0.2, 0.25) is 0 Å². The lowest BCUT2D eigenvalue weighted by atomic mass is 10.0. The highest BCUT2D eigenvalue weighted by Gasteiger charge is 2.19. The summed E-state index contributed by atoms with van der Waals surface area (Å²) in [7, 11) is 0. The van der Waals surface area contributed by atoms with E-state index in [4.69, 9.17) is 0 Å². The van der Waals surface area contributed by atoms with Crippen molar-refractivity contribution in [3.63, 3.8) is 0 Å². The molecule has 0 bridgehead atoms. The Morgan fingerprint density at radius 3 is 2.55 bits per heavy atom. The van der Waals surface area contributed by atoms with Crippen molar-refractivity contribution in [1.29, 1.82) is 0 Å². The standard InChI is InChI=1S/C19H17N3/c1-2-10-17(11-3-1)22-14-20-21-19(22)13-16-9-6-8-15-7-4-5-12-18(15)16/h1-12,20H,13-14H2. The van der Waals surface area contributed by atoms with Crippen molar-refractivity contribution >= 4 is 22.3 Å². The fourth-order valence-electron chi connectivity index (χ4n) is 2.95. The molecule has 1 aliphatic rings. The fraction of sp³-hybridized carbons (Fsp3) is 0.105. The monoisotopic (exact) mass is 287 g/mol. The Morgan fingerprint density at radius 2 is 1.64 bits per heavy atom. The van der Waals surface area contributed by atoms with E-state index in [0.29, 0.717) is 0 Å². The molecule has 3 aromatic carbocycles. The van der Waals surface area contributed by atoms with Crippen LogP contribution in [0.25, 0.3) is 10.8 Å². The van der Waals surface area contributed by atoms with Crippen molar-refractivity contribution in [2.45, 2.75) is 6.42 Å². The molecule has 0 unspecified atom stereocenters. The first-order chi connectivity index (χ1) is 10.9. The smallest absolute Gasteiger partial charge is 0.135 e. The van der Waals surface area contributed by atoms with Crippen LogP contribution in [0, 0.1) is 0 Å². The maximum Gasteiger partial charge on any atom is 0.135 e. The molecule has 0 amide bonds. The molecule has 0 radical (unpaired) electrons. The summed E-state index contributed by atoms with van der Waals surface area (Å²) in [4.78, 5) is 2.22. The van der Waals surface area contributed by atoms with E-state index < -0.39 is 0 Å². The normalized spacial score (nSPS) is 14.0. The molecule has 0 atom stereocenters. The third-order valence-electron chi connectivity index (χ3n) is 4.04. The van der Waals surface area contributed by atoms with Crippen molar-refractivity contribution in [3.05, 3.63) is 78.4 Å². The molecule has 0 fully saturated rings. The number of para-hydroxylation sites is 1. The van der Waals surface area contributed by atoms with Crippen LogP contribution >= 0.6 is 0 Å². The number of rotatable bonds is 3. The van der Waals surface area contributed by atoms with Crippen molar-refractivity contribution < 1.29 is 0 Å². The summed E-state index contributed by atoms with van der Waals surface area (Å²) < 4.78 is 0. The molecule has 3 aromatic rings. The SMILES string of the molecule is c1ccc(N2CNN=C2Cc2cccc3ccccc23)cc1. The van der Waals surface area contributed by atoms with E-state index in [1.165, 1.54) is 22.0 Å². The van der Waals surface area contributed by atoms with Gasteiger partial charge in [0.15, 0.2) is 0 Å². The topological polar surface area (TPSA) is 27.6 Å². The lowest BCUT2D eigenvalue weighted by Crippen LogP contribution is -2.30. The molecule has 4 rings (SSSR count). The highest BCUT2D eigenvalue weighted by molar-refractivity contribution is 6.02. The van der Waals surface area contributed by atoms with Gasteiger partial charge in [0.25, 0.3) is 0 Å². The third kappa shape index (κ3) is 2.31. The van der Waals surface area contributed by atoms with E-state index in [1.54, 1.807) is 0 Å². The maximum absolute atomic E-state index is 4.49. The van der Waals surface area contributed by atoms with Gasteiger partial charge in [0.05, 0.1) is 0 Å². The van der Waals surface area contributed by atoms with E-state index in [9.17, 15) is 0 Å². The van der Waals surface area contributed by atoms with Crippen LogP contribution in [-0.4, -0.2) is 12.5 Å². The zero-order valence-corrected chi connectivity index (χ0v) is 12.2. The predicted molar refractivity (Wildman–Crippen MR) is 92.0 cm³/mol. The van der Waals surface area contributed by atoms with Crippen LogP contribution in [-0.2, 0) is 6.42 Å². The van der Waals surface area contributed by atoms with Crippen LogP contribution in [0.1, 0.15) is 5.56 Å². The Hall–Kier alpha value is -2.81. The highest BCUT2D eigenvalue weighted by Crippen LogP contribution is 2.22. The van der Waals surface area contributed by atoms with Gasteiger partial charge in [0, 0.05) is 12.1 Å². The number of fused-ring (bicyclic) bond motifs is 1. The fourth-order valence-corrected chi connectivity index (χ4v) is 2.95. The first-order valence-electron chi connectivity index (χ1n) is 7.50. The summed E-state index contributed by atoms with van der Waals surface area (Å²) in [5.41, 5.74) is 5.58. The molecule has 0 saturated heterocycles. The minimum absolute atomic E-state index is 0.726. The average molecular weight is 287 g/mol. The molecule has 0 saturated carbocycles. The molecular formula is C19H17N3. The number of amidine groups is 1. The van der Waals surface area contributed by atoms with Crippen LogP contribution in [0.4, 0.5) is 5.69 Å². The minimum atomic E-state index is 0.726. The van der Waals surface area contributed by atoms with Gasteiger partial charge in [0.1, 0.15) is 12.5 Å². The molecule has 22 heavy (non-hydrogen) atoms. The number of hydrogen-bond acceptors (Lipinski definition) is 3. The lowest BCUT2D eigenvalue weighted by molar-refractivity contribution is 0.807. The Labute approximate surface area is 129 Å². The lowest BCUT2D eigenvalue weighted by Gasteiger charge is -2.19. The summed E-state index contributed by atoms with van der Waals surface area (Å²) in [6, 6.07) is 25.4. The Kier molecular flexibility index (Phi) is 3.24. The first-order valence-corrected chi connectivity index (χ1v) is 7.50. The van der Waals surface area contributed by atoms with E-state index in [1.807, 2.05) is 6.07 Å². The van der Waals surface area contributed by atoms with E-state index in [-0.39, 0.29) is 0 Å². The van der Waals surface area contributed by atoms with Gasteiger partial charge in [0.2, 0.25) is 0 Å². The van der Waals surface area contributed by atoms with Crippen LogP contribution in [0.5, 0.6) is 0 Å². The average Bonchev–Trinajstić information content (AvgIpc) is 3.04. The zero-order chi connectivity index (χ0) is 14.8. The molecular weight excluding hydrogens is 270 g/mol. The molecule has 0 aromatic heterocycles. The summed E-state index contributed by atoms with van der Waals surface area (Å²) >= 11 is 0. The number of hydrogen-bond donors (Lipinski definition) is 1. The van der Waals surface area contributed by atoms with Crippen LogP contribution in [0.3, 0.4) is 0 Å². The second kappa shape index (κ2) is 5.53. The van der Waals surface area contributed by atoms with Gasteiger partial charge < -0.3 is 4.90 Å². The predicted octanol–water partition coefficient (Wildman–Crippen LogP) is 3.76. The number of nitrogens with zero attached hydrogens (tertiary/aromatic N) is 2. The molecule has 1 N–H and O–H groups in total. The van der Waals surface area contributed by atoms with Crippen molar-refractivity contribution in [2.24, 2.45) is 5.10 Å². The molecule has 1 heterocycles. The number of anilines is 1. The van der Waals surface area contributed by atoms with E-state index >= 15 is 0 Å². The summed E-state index contributed by atoms with van der Waals surface area (Å²) in [6.07, 6.45) is 0.823. The largest absolute Gasteiger partial charge is 0.309 e. The van der Waals surface area contributed by atoms with Gasteiger partial charge in [-0.1, -0.05) is 60.7 Å². The third-order valence-corrected chi connectivity index (χ3v) is 4.04. The molecule has 0 aliphatic carbocycles. The highest BCUT2D eigenvalue weighted by atomic mass is 15.5. The van der Waals surface area contributed by atoms with Crippen molar-refractivity contribution in [3.8, 4) is 0 Å². The molecule has 3 nitrogen and oxygen atoms in total. The molecule has 1 aliphatic heterocycles. The Morgan fingerprint density at radius 1 is 0.864 bits per heavy atom. The first kappa shape index (κ1) is 12.9. The van der Waals surface area contributed by atoms with Gasteiger partial charge >= 0.3 is 0 Å². The van der Waals surface area contributed by atoms with E-state index in [0.717, 1.165) is 18.9 Å². The Bertz CT molecular complexity index is 819. The maximum atomic E-state index is 4.49. The summed E-state index contributed by atoms with van der Waals surface area (Å²) in [5.74, 6) is 1.06. The number of nitrogens with one attached hydrogen (secondary N) is 1. The van der Waals surface area contributed by atoms with Crippen LogP contribution < -0.4 is 10.3 Å². The van der Waals surface area contributed by atoms with Gasteiger partial charge in [-0.3, -0.25) is 5.43 Å². The molecule has 0 spiro atoms. The minimum Gasteiger partial charge on any atom is -0.309 e. The number of benzene rings is 3. The van der Waals surface area contributed by atoms with Gasteiger partial charge in [-0.25, -0.2) is 0 Å². The molecule has 3 heteroatoms. The van der Waals surface area contributed by atoms with E-state index in [2.05, 4.69) is 82.2 Å². The van der Waals surface area contributed by atoms with Gasteiger partial charge in [-0.15, -0.1) is 0 Å². The second-order valence-electron chi connectivity index (χ2n) is 5.42. The zero-order valence-electron chi connectivity index (χ0n) is 12.2. The molecule has 108 valence electrons. The van der Waals surface area contributed by atoms with Crippen LogP contribution in [0.15, 0.2) is 77.9 Å². The van der Waals surface area contributed by atoms with Gasteiger partial charge in [-0.05, 0) is 28.5 Å². The van der Waals surface area contributed by atoms with Gasteiger partial charge in [-0.2, -0.15) is 5.10 Å². The van der Waals surface area contributed by atoms with Crippen molar-refractivity contribution in [2.75, 3.05) is 11.6 Å². The number of hydrazone groups is 1. The quantitative estimate of drug-likeness (QED) is 0.794. The second-order valence-corrected chi connectivity index (χ2v) is 5.42. The van der Waals surface area contributed by atoms with Crippen molar-refractivity contribution in [1.82, 2.24) is 5.43 Å². The summed E-state index contributed by atoms with van der Waals surface area (Å²) in [6.45, 7) is 0.726.